The highest BCUT2D eigenvalue weighted by molar-refractivity contribution is 5.88. The van der Waals surface area contributed by atoms with Crippen molar-refractivity contribution in [2.45, 2.75) is 32.8 Å². The summed E-state index contributed by atoms with van der Waals surface area (Å²) in [6.07, 6.45) is 0.746. The van der Waals surface area contributed by atoms with E-state index in [1.54, 1.807) is 24.3 Å². The van der Waals surface area contributed by atoms with E-state index in [2.05, 4.69) is 9.93 Å². The molecule has 0 aromatic heterocycles. The maximum atomic E-state index is 11.4. The van der Waals surface area contributed by atoms with Crippen molar-refractivity contribution < 1.29 is 19.6 Å². The lowest BCUT2D eigenvalue weighted by Gasteiger charge is -2.19. The lowest BCUT2D eigenvalue weighted by atomic mass is 10.1. The first kappa shape index (κ1) is 12.7. The molecule has 0 heterocycles. The van der Waals surface area contributed by atoms with Gasteiger partial charge in [-0.1, -0.05) is 25.1 Å². The zero-order valence-corrected chi connectivity index (χ0v) is 9.73. The maximum Gasteiger partial charge on any atom is 0.376 e. The molecule has 0 aliphatic carbocycles. The van der Waals surface area contributed by atoms with E-state index in [0.29, 0.717) is 5.56 Å². The quantitative estimate of drug-likeness (QED) is 0.569. The fourth-order valence-corrected chi connectivity index (χ4v) is 0.821. The standard InChI is InChI=1S/C12H16O4/c1-4-12(2,3)15-16-14-11(13)10-8-6-5-7-9-10/h5-9H,4H2,1-3H3. The Balaban J connectivity index is 2.37. The largest absolute Gasteiger partial charge is 0.376 e. The number of hydrogen-bond donors (Lipinski definition) is 0. The predicted molar refractivity (Wildman–Crippen MR) is 58.4 cm³/mol. The van der Waals surface area contributed by atoms with Gasteiger partial charge >= 0.3 is 5.97 Å². The first-order valence-corrected chi connectivity index (χ1v) is 5.17. The Morgan fingerprint density at radius 3 is 2.44 bits per heavy atom. The number of rotatable bonds is 5. The molecule has 0 saturated carbocycles. The summed E-state index contributed by atoms with van der Waals surface area (Å²) >= 11 is 0. The minimum Gasteiger partial charge on any atom is -0.263 e. The molecule has 1 rings (SSSR count). The highest BCUT2D eigenvalue weighted by Gasteiger charge is 2.19. The molecule has 4 heteroatoms. The van der Waals surface area contributed by atoms with Crippen LogP contribution in [0, 0.1) is 0 Å². The molecule has 16 heavy (non-hydrogen) atoms. The highest BCUT2D eigenvalue weighted by Crippen LogP contribution is 2.14. The Morgan fingerprint density at radius 2 is 1.88 bits per heavy atom. The van der Waals surface area contributed by atoms with Crippen molar-refractivity contribution >= 4 is 5.97 Å². The second-order valence-electron chi connectivity index (χ2n) is 4.00. The molecule has 0 amide bonds. The molecule has 4 nitrogen and oxygen atoms in total. The van der Waals surface area contributed by atoms with Crippen molar-refractivity contribution in [2.75, 3.05) is 0 Å². The summed E-state index contributed by atoms with van der Waals surface area (Å²) in [6.45, 7) is 5.62. The zero-order valence-electron chi connectivity index (χ0n) is 9.73. The van der Waals surface area contributed by atoms with Gasteiger partial charge in [0, 0.05) is 0 Å². The summed E-state index contributed by atoms with van der Waals surface area (Å²) < 4.78 is 0. The van der Waals surface area contributed by atoms with Gasteiger partial charge in [-0.25, -0.2) is 4.79 Å². The summed E-state index contributed by atoms with van der Waals surface area (Å²) in [5.41, 5.74) is -0.0582. The van der Waals surface area contributed by atoms with Crippen molar-refractivity contribution in [1.82, 2.24) is 0 Å². The molecule has 0 saturated heterocycles. The van der Waals surface area contributed by atoms with Crippen molar-refractivity contribution in [3.63, 3.8) is 0 Å². The Bertz CT molecular complexity index is 332. The van der Waals surface area contributed by atoms with Crippen LogP contribution in [0.25, 0.3) is 0 Å². The Kier molecular flexibility index (Phi) is 4.46. The third kappa shape index (κ3) is 4.00. The van der Waals surface area contributed by atoms with Gasteiger partial charge in [-0.2, -0.15) is 4.89 Å². The minimum atomic E-state index is -0.576. The van der Waals surface area contributed by atoms with Crippen LogP contribution in [0.4, 0.5) is 0 Å². The molecule has 0 fully saturated rings. The molecular weight excluding hydrogens is 208 g/mol. The lowest BCUT2D eigenvalue weighted by Crippen LogP contribution is -2.24. The van der Waals surface area contributed by atoms with Crippen LogP contribution in [0.1, 0.15) is 37.6 Å². The molecule has 0 unspecified atom stereocenters. The molecule has 0 N–H and O–H groups in total. The predicted octanol–water partition coefficient (Wildman–Crippen LogP) is 2.90. The highest BCUT2D eigenvalue weighted by atomic mass is 17.5. The third-order valence-corrected chi connectivity index (χ3v) is 2.23. The number of carbonyl (C=O) groups is 1. The molecule has 88 valence electrons. The van der Waals surface area contributed by atoms with Gasteiger partial charge in [0.2, 0.25) is 0 Å². The number of benzene rings is 1. The average molecular weight is 224 g/mol. The van der Waals surface area contributed by atoms with Gasteiger partial charge in [0.1, 0.15) is 5.60 Å². The molecule has 0 atom stereocenters. The van der Waals surface area contributed by atoms with Crippen LogP contribution >= 0.6 is 0 Å². The van der Waals surface area contributed by atoms with Crippen LogP contribution in [0.3, 0.4) is 0 Å². The van der Waals surface area contributed by atoms with Gasteiger partial charge in [-0.3, -0.25) is 4.89 Å². The van der Waals surface area contributed by atoms with E-state index in [4.69, 9.17) is 4.89 Å². The van der Waals surface area contributed by atoms with Crippen molar-refractivity contribution in [3.05, 3.63) is 35.9 Å². The van der Waals surface area contributed by atoms with Crippen LogP contribution in [-0.2, 0) is 14.8 Å². The zero-order chi connectivity index (χ0) is 12.0. The first-order valence-electron chi connectivity index (χ1n) is 5.17. The van der Waals surface area contributed by atoms with Crippen LogP contribution < -0.4 is 0 Å². The van der Waals surface area contributed by atoms with Gasteiger partial charge in [-0.15, -0.1) is 0 Å². The van der Waals surface area contributed by atoms with Crippen molar-refractivity contribution in [3.8, 4) is 0 Å². The van der Waals surface area contributed by atoms with Gasteiger partial charge in [0.15, 0.2) is 0 Å². The second-order valence-corrected chi connectivity index (χ2v) is 4.00. The fourth-order valence-electron chi connectivity index (χ4n) is 0.821. The number of carbonyl (C=O) groups excluding carboxylic acids is 1. The summed E-state index contributed by atoms with van der Waals surface area (Å²) in [7, 11) is 0. The monoisotopic (exact) mass is 224 g/mol. The molecule has 0 radical (unpaired) electrons. The molecule has 1 aromatic carbocycles. The summed E-state index contributed by atoms with van der Waals surface area (Å²) in [5, 5.41) is 4.46. The van der Waals surface area contributed by atoms with E-state index < -0.39 is 11.6 Å². The van der Waals surface area contributed by atoms with Crippen LogP contribution in [0.5, 0.6) is 0 Å². The molecular formula is C12H16O4. The van der Waals surface area contributed by atoms with E-state index in [0.717, 1.165) is 6.42 Å². The van der Waals surface area contributed by atoms with Crippen LogP contribution in [0.2, 0.25) is 0 Å². The molecule has 1 aromatic rings. The number of hydrogen-bond acceptors (Lipinski definition) is 4. The van der Waals surface area contributed by atoms with Crippen LogP contribution in [0.15, 0.2) is 30.3 Å². The lowest BCUT2D eigenvalue weighted by molar-refractivity contribution is -0.512. The maximum absolute atomic E-state index is 11.4. The summed E-state index contributed by atoms with van der Waals surface area (Å²) in [4.78, 5) is 20.8. The Morgan fingerprint density at radius 1 is 1.25 bits per heavy atom. The third-order valence-electron chi connectivity index (χ3n) is 2.23. The molecule has 0 spiro atoms. The van der Waals surface area contributed by atoms with Gasteiger partial charge in [0.25, 0.3) is 0 Å². The topological polar surface area (TPSA) is 44.8 Å². The van der Waals surface area contributed by atoms with Crippen molar-refractivity contribution in [1.29, 1.82) is 0 Å². The van der Waals surface area contributed by atoms with Gasteiger partial charge < -0.3 is 0 Å². The van der Waals surface area contributed by atoms with Gasteiger partial charge in [-0.05, 0) is 37.4 Å². The Hall–Kier alpha value is -1.39. The molecule has 0 aliphatic heterocycles. The van der Waals surface area contributed by atoms with Crippen LogP contribution in [-0.4, -0.2) is 11.6 Å². The second kappa shape index (κ2) is 5.63. The SMILES string of the molecule is CCC(C)(C)OOOC(=O)c1ccccc1. The molecule has 0 bridgehead atoms. The van der Waals surface area contributed by atoms with E-state index >= 15 is 0 Å². The van der Waals surface area contributed by atoms with E-state index in [-0.39, 0.29) is 0 Å². The Labute approximate surface area is 95.0 Å². The average Bonchev–Trinajstić information content (AvgIpc) is 2.30. The van der Waals surface area contributed by atoms with Gasteiger partial charge in [0.05, 0.1) is 5.56 Å². The summed E-state index contributed by atoms with van der Waals surface area (Å²) in [6, 6.07) is 8.57. The fraction of sp³-hybridized carbons (Fsp3) is 0.417. The van der Waals surface area contributed by atoms with E-state index in [9.17, 15) is 4.79 Å². The first-order chi connectivity index (χ1) is 7.55. The smallest absolute Gasteiger partial charge is 0.263 e. The van der Waals surface area contributed by atoms with E-state index in [1.165, 1.54) is 0 Å². The normalized spacial score (nSPS) is 11.2. The molecule has 0 aliphatic rings. The van der Waals surface area contributed by atoms with E-state index in [1.807, 2.05) is 26.8 Å². The minimum absolute atomic E-state index is 0.417. The van der Waals surface area contributed by atoms with Crippen molar-refractivity contribution in [2.24, 2.45) is 0 Å². The summed E-state index contributed by atoms with van der Waals surface area (Å²) in [5.74, 6) is -0.576.